The van der Waals surface area contributed by atoms with E-state index in [0.29, 0.717) is 0 Å². The van der Waals surface area contributed by atoms with Gasteiger partial charge in [0.15, 0.2) is 6.17 Å². The van der Waals surface area contributed by atoms with Crippen LogP contribution in [0.1, 0.15) is 28.6 Å². The van der Waals surface area contributed by atoms with E-state index in [-0.39, 0.29) is 11.9 Å². The number of halogens is 1. The van der Waals surface area contributed by atoms with E-state index in [1.54, 1.807) is 6.07 Å². The number of hydrogen-bond acceptors (Lipinski definition) is 3. The number of nitrogens with one attached hydrogen (secondary N) is 1. The normalized spacial score (nSPS) is 15.6. The molecule has 24 heavy (non-hydrogen) atoms. The van der Waals surface area contributed by atoms with Gasteiger partial charge in [0.2, 0.25) is 0 Å². The Kier molecular flexibility index (Phi) is 3.42. The number of rotatable bonds is 1. The van der Waals surface area contributed by atoms with Gasteiger partial charge in [0.1, 0.15) is 5.75 Å². The summed E-state index contributed by atoms with van der Waals surface area (Å²) < 4.78 is 2.88. The molecule has 4 nitrogen and oxygen atoms in total. The predicted molar refractivity (Wildman–Crippen MR) is 99.4 cm³/mol. The van der Waals surface area contributed by atoms with Gasteiger partial charge in [0.05, 0.1) is 11.4 Å². The van der Waals surface area contributed by atoms with Gasteiger partial charge >= 0.3 is 0 Å². The molecule has 1 aliphatic rings. The minimum atomic E-state index is -0.250. The van der Waals surface area contributed by atoms with E-state index in [2.05, 4.69) is 58.4 Å². The van der Waals surface area contributed by atoms with Crippen LogP contribution in [0.4, 0.5) is 5.69 Å². The standard InChI is InChI=1S/C19H18BrN3O/c1-10-6-11(2)18-14(7-10)16-8-12(3)22-23(16)19(21-18)15-9-13(20)4-5-17(15)24/h4-9,19,21,24H,1-3H3/t19-/m0/s1. The number of nitrogens with zero attached hydrogens (tertiary/aromatic N) is 2. The molecular weight excluding hydrogens is 366 g/mol. The molecule has 122 valence electrons. The Morgan fingerprint density at radius 2 is 1.92 bits per heavy atom. The third-order valence-corrected chi connectivity index (χ3v) is 4.92. The molecule has 0 bridgehead atoms. The fraction of sp³-hybridized carbons (Fsp3) is 0.211. The van der Waals surface area contributed by atoms with Crippen LogP contribution in [0.5, 0.6) is 5.75 Å². The van der Waals surface area contributed by atoms with E-state index in [1.165, 1.54) is 11.1 Å². The van der Waals surface area contributed by atoms with Crippen molar-refractivity contribution in [1.29, 1.82) is 0 Å². The van der Waals surface area contributed by atoms with Gasteiger partial charge in [-0.05, 0) is 56.7 Å². The van der Waals surface area contributed by atoms with Crippen LogP contribution in [0.25, 0.3) is 11.3 Å². The third-order valence-electron chi connectivity index (χ3n) is 4.42. The fourth-order valence-corrected chi connectivity index (χ4v) is 3.81. The summed E-state index contributed by atoms with van der Waals surface area (Å²) in [5.74, 6) is 0.253. The first kappa shape index (κ1) is 15.3. The number of aryl methyl sites for hydroxylation is 3. The predicted octanol–water partition coefficient (Wildman–Crippen LogP) is 4.92. The van der Waals surface area contributed by atoms with Crippen LogP contribution >= 0.6 is 15.9 Å². The zero-order valence-corrected chi connectivity index (χ0v) is 15.3. The highest BCUT2D eigenvalue weighted by Crippen LogP contribution is 2.42. The second-order valence-corrected chi connectivity index (χ2v) is 7.29. The van der Waals surface area contributed by atoms with E-state index in [4.69, 9.17) is 0 Å². The van der Waals surface area contributed by atoms with Crippen molar-refractivity contribution < 1.29 is 5.11 Å². The van der Waals surface area contributed by atoms with E-state index in [0.717, 1.165) is 32.7 Å². The summed E-state index contributed by atoms with van der Waals surface area (Å²) in [7, 11) is 0. The van der Waals surface area contributed by atoms with Gasteiger partial charge in [-0.2, -0.15) is 5.10 Å². The van der Waals surface area contributed by atoms with Gasteiger partial charge < -0.3 is 10.4 Å². The SMILES string of the molecule is Cc1cc(C)c2c(c1)-c1cc(C)nn1[C@@H](c1cc(Br)ccc1O)N2. The number of phenols is 1. The summed E-state index contributed by atoms with van der Waals surface area (Å²) in [5, 5.41) is 18.6. The number of aromatic hydroxyl groups is 1. The molecule has 0 fully saturated rings. The van der Waals surface area contributed by atoms with E-state index >= 15 is 0 Å². The lowest BCUT2D eigenvalue weighted by molar-refractivity contribution is 0.452. The number of phenolic OH excluding ortho intramolecular Hbond substituents is 1. The van der Waals surface area contributed by atoms with Crippen molar-refractivity contribution in [2.75, 3.05) is 5.32 Å². The molecule has 1 aliphatic heterocycles. The molecule has 0 unspecified atom stereocenters. The van der Waals surface area contributed by atoms with Crippen LogP contribution in [0.15, 0.2) is 40.9 Å². The maximum Gasteiger partial charge on any atom is 0.150 e. The van der Waals surface area contributed by atoms with Gasteiger partial charge in [0.25, 0.3) is 0 Å². The molecule has 0 saturated heterocycles. The highest BCUT2D eigenvalue weighted by atomic mass is 79.9. The van der Waals surface area contributed by atoms with Crippen molar-refractivity contribution in [1.82, 2.24) is 9.78 Å². The Balaban J connectivity index is 1.97. The third kappa shape index (κ3) is 2.31. The number of aromatic nitrogens is 2. The molecule has 1 atom stereocenters. The maximum absolute atomic E-state index is 10.4. The molecule has 0 aliphatic carbocycles. The van der Waals surface area contributed by atoms with Crippen LogP contribution in [0.2, 0.25) is 0 Å². The van der Waals surface area contributed by atoms with Gasteiger partial charge in [0, 0.05) is 21.3 Å². The lowest BCUT2D eigenvalue weighted by Crippen LogP contribution is -2.26. The molecule has 0 radical (unpaired) electrons. The van der Waals surface area contributed by atoms with Crippen LogP contribution in [-0.2, 0) is 0 Å². The summed E-state index contributed by atoms with van der Waals surface area (Å²) in [6.07, 6.45) is -0.250. The largest absolute Gasteiger partial charge is 0.508 e. The Hall–Kier alpha value is -2.27. The van der Waals surface area contributed by atoms with E-state index in [1.807, 2.05) is 23.7 Å². The quantitative estimate of drug-likeness (QED) is 0.627. The Bertz CT molecular complexity index is 961. The van der Waals surface area contributed by atoms with E-state index in [9.17, 15) is 5.11 Å². The summed E-state index contributed by atoms with van der Waals surface area (Å²) in [6.45, 7) is 6.20. The molecule has 2 heterocycles. The molecule has 1 aromatic heterocycles. The number of benzene rings is 2. The first-order valence-corrected chi connectivity index (χ1v) is 8.66. The van der Waals surface area contributed by atoms with Gasteiger partial charge in [-0.1, -0.05) is 27.6 Å². The van der Waals surface area contributed by atoms with Gasteiger partial charge in [-0.3, -0.25) is 0 Å². The molecule has 2 aromatic carbocycles. The Labute approximate surface area is 149 Å². The van der Waals surface area contributed by atoms with Crippen LogP contribution in [0, 0.1) is 20.8 Å². The van der Waals surface area contributed by atoms with Crippen LogP contribution in [-0.4, -0.2) is 14.9 Å². The first-order valence-electron chi connectivity index (χ1n) is 7.87. The van der Waals surface area contributed by atoms with Crippen molar-refractivity contribution in [3.63, 3.8) is 0 Å². The summed E-state index contributed by atoms with van der Waals surface area (Å²) in [6, 6.07) is 11.9. The maximum atomic E-state index is 10.4. The highest BCUT2D eigenvalue weighted by Gasteiger charge is 2.29. The van der Waals surface area contributed by atoms with Gasteiger partial charge in [-0.25, -0.2) is 4.68 Å². The van der Waals surface area contributed by atoms with Crippen molar-refractivity contribution in [3.05, 3.63) is 63.3 Å². The zero-order valence-electron chi connectivity index (χ0n) is 13.8. The Morgan fingerprint density at radius 3 is 2.71 bits per heavy atom. The lowest BCUT2D eigenvalue weighted by Gasteiger charge is -2.31. The first-order chi connectivity index (χ1) is 11.4. The number of hydrogen-bond donors (Lipinski definition) is 2. The lowest BCUT2D eigenvalue weighted by atomic mass is 9.98. The number of anilines is 1. The highest BCUT2D eigenvalue weighted by molar-refractivity contribution is 9.10. The second kappa shape index (κ2) is 5.38. The minimum absolute atomic E-state index is 0.250. The smallest absolute Gasteiger partial charge is 0.150 e. The van der Waals surface area contributed by atoms with Crippen LogP contribution < -0.4 is 5.32 Å². The van der Waals surface area contributed by atoms with Crippen molar-refractivity contribution in [2.45, 2.75) is 26.9 Å². The summed E-state index contributed by atoms with van der Waals surface area (Å²) in [5.41, 5.74) is 7.48. The second-order valence-electron chi connectivity index (χ2n) is 6.37. The van der Waals surface area contributed by atoms with Crippen molar-refractivity contribution in [2.24, 2.45) is 0 Å². The summed E-state index contributed by atoms with van der Waals surface area (Å²) in [4.78, 5) is 0. The molecule has 3 aromatic rings. The Morgan fingerprint density at radius 1 is 1.12 bits per heavy atom. The molecular formula is C19H18BrN3O. The van der Waals surface area contributed by atoms with Crippen LogP contribution in [0.3, 0.4) is 0 Å². The van der Waals surface area contributed by atoms with Crippen molar-refractivity contribution >= 4 is 21.6 Å². The van der Waals surface area contributed by atoms with Gasteiger partial charge in [-0.15, -0.1) is 0 Å². The topological polar surface area (TPSA) is 50.1 Å². The minimum Gasteiger partial charge on any atom is -0.508 e. The molecule has 0 saturated carbocycles. The average Bonchev–Trinajstić information content (AvgIpc) is 2.91. The van der Waals surface area contributed by atoms with Crippen molar-refractivity contribution in [3.8, 4) is 17.0 Å². The summed E-state index contributed by atoms with van der Waals surface area (Å²) >= 11 is 3.50. The monoisotopic (exact) mass is 383 g/mol. The molecule has 5 heteroatoms. The number of fused-ring (bicyclic) bond motifs is 3. The average molecular weight is 384 g/mol. The zero-order chi connectivity index (χ0) is 17.0. The molecule has 0 spiro atoms. The molecule has 2 N–H and O–H groups in total. The van der Waals surface area contributed by atoms with E-state index < -0.39 is 0 Å². The molecule has 4 rings (SSSR count). The molecule has 0 amide bonds. The fourth-order valence-electron chi connectivity index (χ4n) is 3.43.